The van der Waals surface area contributed by atoms with Crippen LogP contribution in [0.15, 0.2) is 11.4 Å². The number of amides is 2. The summed E-state index contributed by atoms with van der Waals surface area (Å²) in [6, 6.07) is 1.59. The van der Waals surface area contributed by atoms with Gasteiger partial charge < -0.3 is 11.1 Å². The standard InChI is InChI=1S/C18H21F3N4O2S/c1-10(17(27)23-12-7-9-28-14(12)16(22)26)6-8-25-13-5-3-2-4-11(13)15(24-25)18(19,20)21/h7,9-10H,2-6,8H2,1H3,(H2,22,26)(H,23,27). The molecular weight excluding hydrogens is 393 g/mol. The van der Waals surface area contributed by atoms with Gasteiger partial charge in [0.25, 0.3) is 5.91 Å². The molecule has 1 atom stereocenters. The van der Waals surface area contributed by atoms with Crippen LogP contribution in [0.3, 0.4) is 0 Å². The number of primary amides is 1. The number of anilines is 1. The van der Waals surface area contributed by atoms with Crippen molar-refractivity contribution in [2.75, 3.05) is 5.32 Å². The molecule has 2 aromatic heterocycles. The Bertz CT molecular complexity index is 888. The van der Waals surface area contributed by atoms with Gasteiger partial charge in [0.2, 0.25) is 5.91 Å². The number of alkyl halides is 3. The fourth-order valence-corrected chi connectivity index (χ4v) is 4.09. The van der Waals surface area contributed by atoms with Crippen molar-refractivity contribution in [2.24, 2.45) is 11.7 Å². The predicted octanol–water partition coefficient (Wildman–Crippen LogP) is 3.61. The third-order valence-electron chi connectivity index (χ3n) is 4.89. The van der Waals surface area contributed by atoms with Crippen LogP contribution in [0, 0.1) is 5.92 Å². The van der Waals surface area contributed by atoms with Crippen LogP contribution in [-0.2, 0) is 30.4 Å². The van der Waals surface area contributed by atoms with Gasteiger partial charge in [0.05, 0.1) is 5.69 Å². The third-order valence-corrected chi connectivity index (χ3v) is 5.82. The second-order valence-corrected chi connectivity index (χ2v) is 7.82. The molecule has 10 heteroatoms. The van der Waals surface area contributed by atoms with E-state index >= 15 is 0 Å². The summed E-state index contributed by atoms with van der Waals surface area (Å²) in [5.74, 6) is -1.42. The van der Waals surface area contributed by atoms with E-state index in [1.54, 1.807) is 18.4 Å². The Morgan fingerprint density at radius 2 is 2.07 bits per heavy atom. The minimum absolute atomic E-state index is 0.222. The maximum atomic E-state index is 13.3. The first-order valence-electron chi connectivity index (χ1n) is 9.02. The quantitative estimate of drug-likeness (QED) is 0.757. The Balaban J connectivity index is 1.68. The van der Waals surface area contributed by atoms with Crippen molar-refractivity contribution in [3.8, 4) is 0 Å². The first kappa shape index (κ1) is 20.4. The van der Waals surface area contributed by atoms with Gasteiger partial charge in [-0.15, -0.1) is 11.3 Å². The highest BCUT2D eigenvalue weighted by molar-refractivity contribution is 7.12. The number of hydrogen-bond donors (Lipinski definition) is 2. The first-order valence-corrected chi connectivity index (χ1v) is 9.90. The van der Waals surface area contributed by atoms with E-state index in [0.717, 1.165) is 24.2 Å². The van der Waals surface area contributed by atoms with Crippen LogP contribution in [0.1, 0.15) is 52.8 Å². The maximum absolute atomic E-state index is 13.3. The van der Waals surface area contributed by atoms with Crippen molar-refractivity contribution in [1.29, 1.82) is 0 Å². The number of carbonyl (C=O) groups excluding carboxylic acids is 2. The largest absolute Gasteiger partial charge is 0.435 e. The van der Waals surface area contributed by atoms with E-state index in [2.05, 4.69) is 10.4 Å². The Hall–Kier alpha value is -2.36. The van der Waals surface area contributed by atoms with E-state index in [-0.39, 0.29) is 17.3 Å². The molecule has 28 heavy (non-hydrogen) atoms. The minimum Gasteiger partial charge on any atom is -0.365 e. The van der Waals surface area contributed by atoms with E-state index in [4.69, 9.17) is 5.73 Å². The number of aryl methyl sites for hydroxylation is 1. The number of nitrogens with one attached hydrogen (secondary N) is 1. The van der Waals surface area contributed by atoms with Gasteiger partial charge in [0.1, 0.15) is 4.88 Å². The SMILES string of the molecule is CC(CCn1nc(C(F)(F)F)c2c1CCCC2)C(=O)Nc1ccsc1C(N)=O. The summed E-state index contributed by atoms with van der Waals surface area (Å²) in [4.78, 5) is 24.0. The highest BCUT2D eigenvalue weighted by Gasteiger charge is 2.39. The lowest BCUT2D eigenvalue weighted by Crippen LogP contribution is -2.23. The molecule has 0 aliphatic heterocycles. The molecule has 0 saturated heterocycles. The van der Waals surface area contributed by atoms with Crippen molar-refractivity contribution in [1.82, 2.24) is 9.78 Å². The summed E-state index contributed by atoms with van der Waals surface area (Å²) < 4.78 is 41.2. The number of halogens is 3. The van der Waals surface area contributed by atoms with E-state index in [9.17, 15) is 22.8 Å². The summed E-state index contributed by atoms with van der Waals surface area (Å²) in [7, 11) is 0. The van der Waals surface area contributed by atoms with Gasteiger partial charge in [-0.1, -0.05) is 6.92 Å². The van der Waals surface area contributed by atoms with E-state index in [1.807, 2.05) is 0 Å². The average Bonchev–Trinajstić information content (AvgIpc) is 3.24. The Morgan fingerprint density at radius 3 is 2.75 bits per heavy atom. The summed E-state index contributed by atoms with van der Waals surface area (Å²) in [5.41, 5.74) is 5.73. The van der Waals surface area contributed by atoms with Crippen LogP contribution >= 0.6 is 11.3 Å². The summed E-state index contributed by atoms with van der Waals surface area (Å²) in [6.45, 7) is 1.91. The average molecular weight is 414 g/mol. The maximum Gasteiger partial charge on any atom is 0.435 e. The van der Waals surface area contributed by atoms with Crippen LogP contribution < -0.4 is 11.1 Å². The van der Waals surface area contributed by atoms with Gasteiger partial charge in [-0.3, -0.25) is 14.3 Å². The highest BCUT2D eigenvalue weighted by Crippen LogP contribution is 2.36. The number of nitrogens with zero attached hydrogens (tertiary/aromatic N) is 2. The zero-order valence-corrected chi connectivity index (χ0v) is 16.1. The van der Waals surface area contributed by atoms with Crippen molar-refractivity contribution >= 4 is 28.8 Å². The lowest BCUT2D eigenvalue weighted by Gasteiger charge is -2.16. The van der Waals surface area contributed by atoms with Crippen LogP contribution in [-0.4, -0.2) is 21.6 Å². The van der Waals surface area contributed by atoms with Gasteiger partial charge in [-0.25, -0.2) is 0 Å². The van der Waals surface area contributed by atoms with Crippen LogP contribution in [0.25, 0.3) is 0 Å². The van der Waals surface area contributed by atoms with Gasteiger partial charge >= 0.3 is 6.18 Å². The van der Waals surface area contributed by atoms with Crippen LogP contribution in [0.5, 0.6) is 0 Å². The smallest absolute Gasteiger partial charge is 0.365 e. The Morgan fingerprint density at radius 1 is 1.36 bits per heavy atom. The fraction of sp³-hybridized carbons (Fsp3) is 0.500. The number of fused-ring (bicyclic) bond motifs is 1. The first-order chi connectivity index (χ1) is 13.2. The van der Waals surface area contributed by atoms with Gasteiger partial charge in [-0.05, 0) is 43.6 Å². The zero-order chi connectivity index (χ0) is 20.5. The monoisotopic (exact) mass is 414 g/mol. The number of carbonyl (C=O) groups is 2. The van der Waals surface area contributed by atoms with E-state index in [0.29, 0.717) is 36.2 Å². The van der Waals surface area contributed by atoms with Gasteiger partial charge in [0, 0.05) is 23.7 Å². The summed E-state index contributed by atoms with van der Waals surface area (Å²) in [6.07, 6.45) is -1.64. The van der Waals surface area contributed by atoms with Crippen LogP contribution in [0.4, 0.5) is 18.9 Å². The lowest BCUT2D eigenvalue weighted by atomic mass is 9.95. The van der Waals surface area contributed by atoms with Crippen molar-refractivity contribution in [2.45, 2.75) is 51.7 Å². The van der Waals surface area contributed by atoms with Crippen molar-refractivity contribution in [3.63, 3.8) is 0 Å². The molecule has 2 heterocycles. The predicted molar refractivity (Wildman–Crippen MR) is 99.1 cm³/mol. The molecule has 0 radical (unpaired) electrons. The molecule has 152 valence electrons. The molecule has 1 aliphatic carbocycles. The molecule has 0 fully saturated rings. The minimum atomic E-state index is -4.47. The molecule has 0 saturated carbocycles. The third kappa shape index (κ3) is 4.21. The second kappa shape index (κ2) is 7.94. The van der Waals surface area contributed by atoms with Crippen molar-refractivity contribution < 1.29 is 22.8 Å². The molecule has 1 unspecified atom stereocenters. The van der Waals surface area contributed by atoms with Crippen molar-refractivity contribution in [3.05, 3.63) is 33.3 Å². The number of hydrogen-bond acceptors (Lipinski definition) is 4. The molecule has 3 rings (SSSR count). The molecule has 0 bridgehead atoms. The lowest BCUT2D eigenvalue weighted by molar-refractivity contribution is -0.142. The molecule has 0 spiro atoms. The summed E-state index contributed by atoms with van der Waals surface area (Å²) >= 11 is 1.13. The molecule has 6 nitrogen and oxygen atoms in total. The number of aromatic nitrogens is 2. The Labute approximate surface area is 163 Å². The molecule has 2 aromatic rings. The molecule has 0 aromatic carbocycles. The number of rotatable bonds is 6. The van der Waals surface area contributed by atoms with E-state index < -0.39 is 23.7 Å². The van der Waals surface area contributed by atoms with Crippen LogP contribution in [0.2, 0.25) is 0 Å². The molecule has 2 amide bonds. The summed E-state index contributed by atoms with van der Waals surface area (Å²) in [5, 5.41) is 8.12. The molecular formula is C18H21F3N4O2S. The molecule has 1 aliphatic rings. The zero-order valence-electron chi connectivity index (χ0n) is 15.3. The highest BCUT2D eigenvalue weighted by atomic mass is 32.1. The normalized spacial score (nSPS) is 15.1. The number of thiophene rings is 1. The van der Waals surface area contributed by atoms with Gasteiger partial charge in [0.15, 0.2) is 5.69 Å². The Kier molecular flexibility index (Phi) is 5.78. The van der Waals surface area contributed by atoms with Gasteiger partial charge in [-0.2, -0.15) is 18.3 Å². The second-order valence-electron chi connectivity index (χ2n) is 6.91. The topological polar surface area (TPSA) is 90.0 Å². The fourth-order valence-electron chi connectivity index (χ4n) is 3.38. The number of nitrogens with two attached hydrogens (primary N) is 1. The van der Waals surface area contributed by atoms with E-state index in [1.165, 1.54) is 4.68 Å². The molecule has 3 N–H and O–H groups in total.